The van der Waals surface area contributed by atoms with Crippen molar-refractivity contribution in [3.05, 3.63) is 33.1 Å². The van der Waals surface area contributed by atoms with Crippen LogP contribution in [0.5, 0.6) is 0 Å². The molecule has 1 saturated heterocycles. The van der Waals surface area contributed by atoms with E-state index in [4.69, 9.17) is 5.11 Å². The number of aliphatic hydroxyl groups excluding tert-OH is 2. The Kier molecular flexibility index (Phi) is 8.64. The molecule has 0 spiro atoms. The molecular formula is C17H11F17N2O6. The van der Waals surface area contributed by atoms with Crippen LogP contribution in [0.3, 0.4) is 0 Å². The van der Waals surface area contributed by atoms with Crippen LogP contribution in [0, 0.1) is 0 Å². The van der Waals surface area contributed by atoms with Gasteiger partial charge in [0.05, 0.1) is 6.61 Å². The lowest BCUT2D eigenvalue weighted by Gasteiger charge is -2.43. The molecule has 1 aromatic rings. The molecule has 8 nitrogen and oxygen atoms in total. The van der Waals surface area contributed by atoms with Gasteiger partial charge in [-0.25, -0.2) is 4.79 Å². The quantitative estimate of drug-likeness (QED) is 0.332. The molecule has 0 bridgehead atoms. The van der Waals surface area contributed by atoms with Crippen molar-refractivity contribution in [2.24, 2.45) is 0 Å². The van der Waals surface area contributed by atoms with Crippen molar-refractivity contribution >= 4 is 0 Å². The van der Waals surface area contributed by atoms with Gasteiger partial charge in [0.2, 0.25) is 0 Å². The molecule has 1 aliphatic rings. The Morgan fingerprint density at radius 1 is 0.762 bits per heavy atom. The Morgan fingerprint density at radius 3 is 1.60 bits per heavy atom. The highest BCUT2D eigenvalue weighted by Crippen LogP contribution is 2.64. The van der Waals surface area contributed by atoms with Gasteiger partial charge in [-0.05, 0) is 0 Å². The number of aliphatic hydroxyl groups is 2. The lowest BCUT2D eigenvalue weighted by Crippen LogP contribution is -2.74. The van der Waals surface area contributed by atoms with E-state index in [1.807, 2.05) is 0 Å². The molecule has 1 aromatic heterocycles. The first-order valence-electron chi connectivity index (χ1n) is 10.1. The maximum absolute atomic E-state index is 14.3. The van der Waals surface area contributed by atoms with Gasteiger partial charge in [0.15, 0.2) is 6.23 Å². The highest BCUT2D eigenvalue weighted by molar-refractivity contribution is 5.14. The van der Waals surface area contributed by atoms with E-state index >= 15 is 0 Å². The second-order valence-corrected chi connectivity index (χ2v) is 8.30. The fourth-order valence-electron chi connectivity index (χ4n) is 3.24. The fraction of sp³-hybridized carbons (Fsp3) is 0.765. The summed E-state index contributed by atoms with van der Waals surface area (Å²) in [5, 5.41) is 19.0. The number of H-pyrrole nitrogens is 1. The number of rotatable bonds is 10. The van der Waals surface area contributed by atoms with Crippen LogP contribution >= 0.6 is 0 Å². The average Bonchev–Trinajstić information content (AvgIpc) is 3.12. The van der Waals surface area contributed by atoms with Gasteiger partial charge in [0.1, 0.15) is 18.3 Å². The van der Waals surface area contributed by atoms with Crippen molar-refractivity contribution in [2.75, 3.05) is 6.61 Å². The third-order valence-electron chi connectivity index (χ3n) is 5.60. The number of aromatic nitrogens is 2. The first-order chi connectivity index (χ1) is 18.5. The summed E-state index contributed by atoms with van der Waals surface area (Å²) in [5.41, 5.74) is -2.95. The van der Waals surface area contributed by atoms with Crippen LogP contribution in [0.2, 0.25) is 0 Å². The molecular weight excluding hydrogens is 651 g/mol. The number of nitrogens with one attached hydrogen (secondary N) is 1. The first-order valence-corrected chi connectivity index (χ1v) is 10.1. The molecule has 1 unspecified atom stereocenters. The van der Waals surface area contributed by atoms with Crippen molar-refractivity contribution in [1.82, 2.24) is 9.55 Å². The molecule has 0 radical (unpaired) electrons. The number of alkyl halides is 17. The minimum absolute atomic E-state index is 0.111. The monoisotopic (exact) mass is 662 g/mol. The molecule has 244 valence electrons. The minimum atomic E-state index is -8.86. The van der Waals surface area contributed by atoms with Crippen LogP contribution in [-0.2, 0) is 9.47 Å². The summed E-state index contributed by atoms with van der Waals surface area (Å²) >= 11 is 0. The summed E-state index contributed by atoms with van der Waals surface area (Å²) in [6.45, 7) is -1.49. The maximum atomic E-state index is 14.3. The Labute approximate surface area is 217 Å². The standard InChI is InChI=1S/C17H11F17N2O6/c18-10(19,12(22,23)14(26,27)16(30,31)32)11(20,21)13(24,25)15(28,29)17(33,34)42-7-6(39)4(3-37)41-8(7)36-2-1-5(38)35-9(36)40/h1-2,4,6-8,37,39H,3H2,(H,35,38,40)/t4-,6?,7+,8-/m1/s1. The van der Waals surface area contributed by atoms with Gasteiger partial charge >= 0.3 is 53.5 Å². The molecule has 1 aliphatic heterocycles. The number of nitrogens with zero attached hydrogens (tertiary/aromatic N) is 1. The van der Waals surface area contributed by atoms with Crippen LogP contribution in [0.25, 0.3) is 0 Å². The van der Waals surface area contributed by atoms with Gasteiger partial charge in [0, 0.05) is 12.3 Å². The van der Waals surface area contributed by atoms with E-state index in [0.29, 0.717) is 6.07 Å². The van der Waals surface area contributed by atoms with E-state index in [9.17, 15) is 89.3 Å². The smallest absolute Gasteiger partial charge is 0.394 e. The highest BCUT2D eigenvalue weighted by Gasteiger charge is 2.95. The van der Waals surface area contributed by atoms with Crippen molar-refractivity contribution in [2.45, 2.75) is 72.4 Å². The first kappa shape index (κ1) is 35.5. The van der Waals surface area contributed by atoms with Gasteiger partial charge in [-0.2, -0.15) is 74.6 Å². The lowest BCUT2D eigenvalue weighted by atomic mass is 9.90. The van der Waals surface area contributed by atoms with Crippen LogP contribution in [0.1, 0.15) is 6.23 Å². The van der Waals surface area contributed by atoms with E-state index < -0.39 is 90.2 Å². The normalized spacial score (nSPS) is 23.9. The Hall–Kier alpha value is -2.67. The zero-order chi connectivity index (χ0) is 33.3. The third-order valence-corrected chi connectivity index (χ3v) is 5.60. The number of aromatic amines is 1. The fourth-order valence-corrected chi connectivity index (χ4v) is 3.24. The van der Waals surface area contributed by atoms with E-state index in [1.54, 1.807) is 0 Å². The molecule has 3 N–H and O–H groups in total. The summed E-state index contributed by atoms with van der Waals surface area (Å²) < 4.78 is 236. The average molecular weight is 662 g/mol. The van der Waals surface area contributed by atoms with Crippen LogP contribution in [-0.4, -0.2) is 92.5 Å². The number of hydrogen-bond acceptors (Lipinski definition) is 6. The summed E-state index contributed by atoms with van der Waals surface area (Å²) in [7, 11) is 0. The van der Waals surface area contributed by atoms with E-state index in [0.717, 1.165) is 0 Å². The van der Waals surface area contributed by atoms with Crippen molar-refractivity contribution in [1.29, 1.82) is 0 Å². The SMILES string of the molecule is O=c1ccn([C@@H]2O[C@H](CO)C(O)[C@@H]2OC(F)(F)C(F)(F)C(F)(F)C(F)(F)C(F)(F)C(F)(F)C(F)(F)C(F)(F)F)c(=O)[nH]1. The number of halogens is 17. The summed E-state index contributed by atoms with van der Waals surface area (Å²) in [6.07, 6.45) is -26.3. The second kappa shape index (κ2) is 10.2. The van der Waals surface area contributed by atoms with Gasteiger partial charge in [-0.15, -0.1) is 0 Å². The van der Waals surface area contributed by atoms with Gasteiger partial charge in [-0.3, -0.25) is 14.3 Å². The number of ether oxygens (including phenoxy) is 2. The molecule has 0 aliphatic carbocycles. The molecule has 2 heterocycles. The predicted molar refractivity (Wildman–Crippen MR) is 93.9 cm³/mol. The van der Waals surface area contributed by atoms with Crippen LogP contribution in [0.15, 0.2) is 21.9 Å². The van der Waals surface area contributed by atoms with Gasteiger partial charge in [0.25, 0.3) is 5.56 Å². The van der Waals surface area contributed by atoms with Crippen LogP contribution < -0.4 is 11.2 Å². The van der Waals surface area contributed by atoms with Gasteiger partial charge < -0.3 is 19.7 Å². The minimum Gasteiger partial charge on any atom is -0.394 e. The van der Waals surface area contributed by atoms with Crippen molar-refractivity contribution in [3.8, 4) is 0 Å². The largest absolute Gasteiger partial charge is 0.460 e. The summed E-state index contributed by atoms with van der Waals surface area (Å²) in [5.74, 6) is -51.7. The van der Waals surface area contributed by atoms with E-state index in [2.05, 4.69) is 9.47 Å². The number of hydrogen-bond donors (Lipinski definition) is 3. The highest BCUT2D eigenvalue weighted by atomic mass is 19.4. The van der Waals surface area contributed by atoms with Gasteiger partial charge in [-0.1, -0.05) is 0 Å². The molecule has 4 atom stereocenters. The van der Waals surface area contributed by atoms with E-state index in [-0.39, 0.29) is 10.8 Å². The molecule has 2 rings (SSSR count). The Bertz CT molecular complexity index is 1260. The molecule has 0 saturated carbocycles. The molecule has 25 heteroatoms. The topological polar surface area (TPSA) is 114 Å². The molecule has 1 fully saturated rings. The third kappa shape index (κ3) is 4.89. The zero-order valence-corrected chi connectivity index (χ0v) is 19.1. The molecule has 42 heavy (non-hydrogen) atoms. The predicted octanol–water partition coefficient (Wildman–Crippen LogP) is 3.14. The van der Waals surface area contributed by atoms with Crippen LogP contribution in [0.4, 0.5) is 74.6 Å². The Morgan fingerprint density at radius 2 is 1.19 bits per heavy atom. The van der Waals surface area contributed by atoms with E-state index in [1.165, 1.54) is 4.98 Å². The zero-order valence-electron chi connectivity index (χ0n) is 19.1. The molecule has 0 aromatic carbocycles. The molecule has 0 amide bonds. The second-order valence-electron chi connectivity index (χ2n) is 8.30. The van der Waals surface area contributed by atoms with Crippen molar-refractivity contribution in [3.63, 3.8) is 0 Å². The lowest BCUT2D eigenvalue weighted by molar-refractivity contribution is -0.481. The summed E-state index contributed by atoms with van der Waals surface area (Å²) in [4.78, 5) is 24.4. The summed E-state index contributed by atoms with van der Waals surface area (Å²) in [6, 6.07) is 0.376. The maximum Gasteiger partial charge on any atom is 0.460 e. The van der Waals surface area contributed by atoms with Crippen molar-refractivity contribution < 1.29 is 94.3 Å². The Balaban J connectivity index is 2.61.